The lowest BCUT2D eigenvalue weighted by Crippen LogP contribution is -2.45. The minimum absolute atomic E-state index is 0.0725. The summed E-state index contributed by atoms with van der Waals surface area (Å²) in [6.45, 7) is -0.715. The number of phenols is 1. The smallest absolute Gasteiger partial charge is 0.336 e. The van der Waals surface area contributed by atoms with Crippen LogP contribution in [0.25, 0.3) is 11.0 Å². The summed E-state index contributed by atoms with van der Waals surface area (Å²) >= 11 is 0. The van der Waals surface area contributed by atoms with E-state index < -0.39 is 39.4 Å². The minimum Gasteiger partial charge on any atom is -0.508 e. The van der Waals surface area contributed by atoms with Crippen LogP contribution in [-0.4, -0.2) is 41.7 Å². The van der Waals surface area contributed by atoms with Crippen LogP contribution in [-0.2, 0) is 26.1 Å². The zero-order valence-corrected chi connectivity index (χ0v) is 13.4. The van der Waals surface area contributed by atoms with E-state index in [-0.39, 0.29) is 23.3 Å². The number of hydrogen-bond donors (Lipinski definition) is 4. The Morgan fingerprint density at radius 1 is 1.28 bits per heavy atom. The number of amides is 2. The second kappa shape index (κ2) is 6.91. The van der Waals surface area contributed by atoms with Crippen LogP contribution in [0.1, 0.15) is 5.56 Å². The molecule has 0 bridgehead atoms. The Labute approximate surface area is 141 Å². The quantitative estimate of drug-likeness (QED) is 0.365. The lowest BCUT2D eigenvalue weighted by atomic mass is 10.1. The molecule has 10 nitrogen and oxygen atoms in total. The topological polar surface area (TPSA) is 177 Å². The zero-order chi connectivity index (χ0) is 18.8. The van der Waals surface area contributed by atoms with Crippen molar-refractivity contribution in [2.24, 2.45) is 5.73 Å². The Balaban J connectivity index is 2.20. The Morgan fingerprint density at radius 2 is 1.96 bits per heavy atom. The zero-order valence-electron chi connectivity index (χ0n) is 12.6. The van der Waals surface area contributed by atoms with Gasteiger partial charge in [-0.15, -0.1) is 0 Å². The van der Waals surface area contributed by atoms with Crippen molar-refractivity contribution < 1.29 is 32.1 Å². The first-order valence-corrected chi connectivity index (χ1v) is 8.36. The number of phenolic OH excluding ortho intramolecular Hbond substituents is 1. The fraction of sp³-hybridized carbons (Fsp3) is 0.214. The predicted molar refractivity (Wildman–Crippen MR) is 85.4 cm³/mol. The summed E-state index contributed by atoms with van der Waals surface area (Å²) in [5.74, 6) is -2.16. The van der Waals surface area contributed by atoms with Gasteiger partial charge in [-0.25, -0.2) is 4.79 Å². The number of rotatable bonds is 6. The maximum Gasteiger partial charge on any atom is 0.336 e. The van der Waals surface area contributed by atoms with Gasteiger partial charge in [0.05, 0.1) is 6.42 Å². The van der Waals surface area contributed by atoms with Crippen LogP contribution in [0.15, 0.2) is 33.5 Å². The molecule has 1 aromatic heterocycles. The summed E-state index contributed by atoms with van der Waals surface area (Å²) in [4.78, 5) is 34.5. The molecular weight excluding hydrogens is 356 g/mol. The van der Waals surface area contributed by atoms with Crippen molar-refractivity contribution >= 4 is 32.9 Å². The molecule has 134 valence electrons. The standard InChI is InChI=1S/C14H14N2O8S/c15-14(20)11(25(21,22)23)6-16-12(18)3-7-4-13(19)24-10-5-8(17)1-2-9(7)10/h1-2,4-5,11,17H,3,6H2,(H2,15,20)(H,16,18)(H,21,22,23). The van der Waals surface area contributed by atoms with Crippen molar-refractivity contribution in [3.8, 4) is 5.75 Å². The van der Waals surface area contributed by atoms with Gasteiger partial charge in [0.25, 0.3) is 10.1 Å². The summed E-state index contributed by atoms with van der Waals surface area (Å²) in [5, 5.41) is 9.97. The average molecular weight is 370 g/mol. The van der Waals surface area contributed by atoms with Crippen LogP contribution < -0.4 is 16.7 Å². The highest BCUT2D eigenvalue weighted by Crippen LogP contribution is 2.22. The molecule has 0 radical (unpaired) electrons. The van der Waals surface area contributed by atoms with Crippen molar-refractivity contribution in [3.05, 3.63) is 40.2 Å². The largest absolute Gasteiger partial charge is 0.508 e. The number of carbonyl (C=O) groups is 2. The van der Waals surface area contributed by atoms with Crippen molar-refractivity contribution in [2.45, 2.75) is 11.7 Å². The highest BCUT2D eigenvalue weighted by Gasteiger charge is 2.29. The maximum atomic E-state index is 12.0. The van der Waals surface area contributed by atoms with E-state index in [9.17, 15) is 27.9 Å². The van der Waals surface area contributed by atoms with Gasteiger partial charge in [0, 0.05) is 24.1 Å². The summed E-state index contributed by atoms with van der Waals surface area (Å²) in [6.07, 6.45) is -0.330. The van der Waals surface area contributed by atoms with Crippen LogP contribution in [0.4, 0.5) is 0 Å². The first-order valence-electron chi connectivity index (χ1n) is 6.86. The van der Waals surface area contributed by atoms with E-state index in [4.69, 9.17) is 14.7 Å². The summed E-state index contributed by atoms with van der Waals surface area (Å²) in [5.41, 5.74) is 4.46. The molecule has 0 aliphatic carbocycles. The fourth-order valence-electron chi connectivity index (χ4n) is 2.16. The normalized spacial score (nSPS) is 12.7. The number of benzene rings is 1. The van der Waals surface area contributed by atoms with Crippen molar-refractivity contribution in [2.75, 3.05) is 6.54 Å². The van der Waals surface area contributed by atoms with Crippen molar-refractivity contribution in [3.63, 3.8) is 0 Å². The van der Waals surface area contributed by atoms with Gasteiger partial charge in [-0.1, -0.05) is 0 Å². The predicted octanol–water partition coefficient (Wildman–Crippen LogP) is -1.10. The molecule has 2 amide bonds. The van der Waals surface area contributed by atoms with Crippen LogP contribution >= 0.6 is 0 Å². The van der Waals surface area contributed by atoms with Gasteiger partial charge >= 0.3 is 5.63 Å². The molecule has 0 saturated carbocycles. The number of fused-ring (bicyclic) bond motifs is 1. The molecule has 25 heavy (non-hydrogen) atoms. The van der Waals surface area contributed by atoms with Crippen molar-refractivity contribution in [1.82, 2.24) is 5.32 Å². The van der Waals surface area contributed by atoms with E-state index in [0.717, 1.165) is 6.07 Å². The molecular formula is C14H14N2O8S. The summed E-state index contributed by atoms with van der Waals surface area (Å²) < 4.78 is 35.9. The third-order valence-corrected chi connectivity index (χ3v) is 4.44. The van der Waals surface area contributed by atoms with Gasteiger partial charge in [0.2, 0.25) is 11.8 Å². The highest BCUT2D eigenvalue weighted by molar-refractivity contribution is 7.87. The van der Waals surface area contributed by atoms with Gasteiger partial charge in [-0.05, 0) is 17.7 Å². The summed E-state index contributed by atoms with van der Waals surface area (Å²) in [7, 11) is -4.76. The maximum absolute atomic E-state index is 12.0. The molecule has 11 heteroatoms. The minimum atomic E-state index is -4.76. The lowest BCUT2D eigenvalue weighted by molar-refractivity contribution is -0.120. The molecule has 1 aromatic carbocycles. The third-order valence-electron chi connectivity index (χ3n) is 3.33. The first-order chi connectivity index (χ1) is 11.6. The van der Waals surface area contributed by atoms with Crippen LogP contribution in [0.5, 0.6) is 5.75 Å². The van der Waals surface area contributed by atoms with E-state index in [1.807, 2.05) is 0 Å². The monoisotopic (exact) mass is 370 g/mol. The number of nitrogens with one attached hydrogen (secondary N) is 1. The van der Waals surface area contributed by atoms with E-state index >= 15 is 0 Å². The van der Waals surface area contributed by atoms with Gasteiger partial charge in [0.1, 0.15) is 11.3 Å². The molecule has 0 aliphatic rings. The molecule has 0 fully saturated rings. The molecule has 0 saturated heterocycles. The van der Waals surface area contributed by atoms with E-state index in [0.29, 0.717) is 5.39 Å². The molecule has 1 atom stereocenters. The number of hydrogen-bond acceptors (Lipinski definition) is 7. The van der Waals surface area contributed by atoms with E-state index in [2.05, 4.69) is 5.32 Å². The lowest BCUT2D eigenvalue weighted by Gasteiger charge is -2.12. The SMILES string of the molecule is NC(=O)C(CNC(=O)Cc1cc(=O)oc2cc(O)ccc12)S(=O)(=O)O. The van der Waals surface area contributed by atoms with Gasteiger partial charge in [0.15, 0.2) is 5.25 Å². The van der Waals surface area contributed by atoms with Gasteiger partial charge in [-0.2, -0.15) is 8.42 Å². The highest BCUT2D eigenvalue weighted by atomic mass is 32.2. The third kappa shape index (κ3) is 4.55. The van der Waals surface area contributed by atoms with Gasteiger partial charge in [-0.3, -0.25) is 14.1 Å². The Hall–Kier alpha value is -2.92. The second-order valence-electron chi connectivity index (χ2n) is 5.16. The molecule has 1 heterocycles. The van der Waals surface area contributed by atoms with Gasteiger partial charge < -0.3 is 20.6 Å². The van der Waals surface area contributed by atoms with Crippen LogP contribution in [0.3, 0.4) is 0 Å². The Morgan fingerprint density at radius 3 is 2.56 bits per heavy atom. The number of primary amides is 1. The Bertz CT molecular complexity index is 996. The molecule has 2 rings (SSSR count). The van der Waals surface area contributed by atoms with E-state index in [1.165, 1.54) is 18.2 Å². The number of nitrogens with two attached hydrogens (primary N) is 1. The number of aromatic hydroxyl groups is 1. The molecule has 0 spiro atoms. The van der Waals surface area contributed by atoms with Crippen molar-refractivity contribution in [1.29, 1.82) is 0 Å². The fourth-order valence-corrected chi connectivity index (χ4v) is 2.75. The average Bonchev–Trinajstić information content (AvgIpc) is 2.44. The second-order valence-corrected chi connectivity index (χ2v) is 6.76. The van der Waals surface area contributed by atoms with E-state index in [1.54, 1.807) is 0 Å². The molecule has 0 aliphatic heterocycles. The molecule has 2 aromatic rings. The van der Waals surface area contributed by atoms with Crippen LogP contribution in [0.2, 0.25) is 0 Å². The first kappa shape index (κ1) is 18.4. The summed E-state index contributed by atoms with van der Waals surface area (Å²) in [6, 6.07) is 5.07. The molecule has 1 unspecified atom stereocenters. The molecule has 5 N–H and O–H groups in total. The van der Waals surface area contributed by atoms with Crippen LogP contribution in [0, 0.1) is 0 Å². The Kier molecular flexibility index (Phi) is 5.09. The number of carbonyl (C=O) groups excluding carboxylic acids is 2.